The highest BCUT2D eigenvalue weighted by atomic mass is 32.1. The van der Waals surface area contributed by atoms with E-state index < -0.39 is 0 Å². The van der Waals surface area contributed by atoms with Gasteiger partial charge in [0.05, 0.1) is 19.1 Å². The number of ether oxygens (including phenoxy) is 2. The van der Waals surface area contributed by atoms with Gasteiger partial charge in [0.25, 0.3) is 0 Å². The zero-order valence-electron chi connectivity index (χ0n) is 13.3. The van der Waals surface area contributed by atoms with Crippen molar-refractivity contribution in [3.05, 3.63) is 22.4 Å². The van der Waals surface area contributed by atoms with Gasteiger partial charge in [-0.15, -0.1) is 0 Å². The summed E-state index contributed by atoms with van der Waals surface area (Å²) in [6.07, 6.45) is 3.86. The van der Waals surface area contributed by atoms with Crippen LogP contribution in [-0.2, 0) is 20.7 Å². The Bertz CT molecular complexity index is 490. The van der Waals surface area contributed by atoms with Crippen LogP contribution < -0.4 is 0 Å². The first-order chi connectivity index (χ1) is 10.7. The van der Waals surface area contributed by atoms with Gasteiger partial charge in [-0.1, -0.05) is 0 Å². The van der Waals surface area contributed by atoms with Crippen molar-refractivity contribution < 1.29 is 14.3 Å². The molecule has 0 N–H and O–H groups in total. The summed E-state index contributed by atoms with van der Waals surface area (Å²) >= 11 is 1.65. The van der Waals surface area contributed by atoms with Gasteiger partial charge in [-0.3, -0.25) is 4.79 Å². The molecule has 1 amide bonds. The van der Waals surface area contributed by atoms with Gasteiger partial charge in [0.2, 0.25) is 5.91 Å². The standard InChI is InChI=1S/C17H25NO3S/c1-2-20-13-17-6-3-8-21-15(17)4-7-18(12-17)16(19)10-14-5-9-22-11-14/h5,9,11,15H,2-4,6-8,10,12-13H2,1H3/t15-,17+/m1/s1. The zero-order chi connectivity index (χ0) is 15.4. The Kier molecular flexibility index (Phi) is 5.16. The average Bonchev–Trinajstić information content (AvgIpc) is 3.05. The second-order valence-corrected chi connectivity index (χ2v) is 7.15. The minimum atomic E-state index is -0.00316. The van der Waals surface area contributed by atoms with Crippen molar-refractivity contribution in [1.29, 1.82) is 0 Å². The normalized spacial score (nSPS) is 28.4. The van der Waals surface area contributed by atoms with Crippen LogP contribution in [0, 0.1) is 5.41 Å². The van der Waals surface area contributed by atoms with E-state index in [9.17, 15) is 4.79 Å². The lowest BCUT2D eigenvalue weighted by Gasteiger charge is -2.50. The SMILES string of the molecule is CCOC[C@@]12CCCO[C@@H]1CCN(C(=O)Cc1ccsc1)C2. The molecular formula is C17H25NO3S. The highest BCUT2D eigenvalue weighted by Gasteiger charge is 2.47. The fourth-order valence-electron chi connectivity index (χ4n) is 3.70. The summed E-state index contributed by atoms with van der Waals surface area (Å²) in [6.45, 7) is 5.88. The lowest BCUT2D eigenvalue weighted by molar-refractivity contribution is -0.163. The van der Waals surface area contributed by atoms with Crippen molar-refractivity contribution in [1.82, 2.24) is 4.90 Å². The summed E-state index contributed by atoms with van der Waals surface area (Å²) in [4.78, 5) is 14.6. The number of carbonyl (C=O) groups excluding carboxylic acids is 1. The van der Waals surface area contributed by atoms with Gasteiger partial charge < -0.3 is 14.4 Å². The second-order valence-electron chi connectivity index (χ2n) is 6.37. The number of thiophene rings is 1. The number of amides is 1. The van der Waals surface area contributed by atoms with Crippen molar-refractivity contribution in [2.45, 2.75) is 38.7 Å². The van der Waals surface area contributed by atoms with Gasteiger partial charge >= 0.3 is 0 Å². The molecule has 0 bridgehead atoms. The van der Waals surface area contributed by atoms with Crippen LogP contribution in [0.3, 0.4) is 0 Å². The van der Waals surface area contributed by atoms with Crippen molar-refractivity contribution in [2.24, 2.45) is 5.41 Å². The van der Waals surface area contributed by atoms with Crippen molar-refractivity contribution >= 4 is 17.2 Å². The Balaban J connectivity index is 1.68. The van der Waals surface area contributed by atoms with E-state index in [0.717, 1.165) is 51.1 Å². The summed E-state index contributed by atoms with van der Waals surface area (Å²) in [6, 6.07) is 2.04. The number of carbonyl (C=O) groups is 1. The topological polar surface area (TPSA) is 38.8 Å². The van der Waals surface area contributed by atoms with E-state index in [2.05, 4.69) is 5.38 Å². The molecule has 0 saturated carbocycles. The Hall–Kier alpha value is -0.910. The number of likely N-dealkylation sites (tertiary alicyclic amines) is 1. The molecule has 22 heavy (non-hydrogen) atoms. The van der Waals surface area contributed by atoms with E-state index in [0.29, 0.717) is 13.0 Å². The fourth-order valence-corrected chi connectivity index (χ4v) is 4.37. The molecule has 0 unspecified atom stereocenters. The smallest absolute Gasteiger partial charge is 0.227 e. The van der Waals surface area contributed by atoms with Crippen molar-refractivity contribution in [3.8, 4) is 0 Å². The lowest BCUT2D eigenvalue weighted by Crippen LogP contribution is -2.58. The quantitative estimate of drug-likeness (QED) is 0.836. The van der Waals surface area contributed by atoms with Gasteiger partial charge in [0.1, 0.15) is 0 Å². The molecule has 2 saturated heterocycles. The van der Waals surface area contributed by atoms with E-state index in [1.165, 1.54) is 0 Å². The Labute approximate surface area is 136 Å². The van der Waals surface area contributed by atoms with Crippen molar-refractivity contribution in [2.75, 3.05) is 32.9 Å². The molecule has 1 aromatic heterocycles. The maximum atomic E-state index is 12.6. The molecule has 3 rings (SSSR count). The minimum Gasteiger partial charge on any atom is -0.381 e. The van der Waals surface area contributed by atoms with Gasteiger partial charge in [0.15, 0.2) is 0 Å². The van der Waals surface area contributed by atoms with Gasteiger partial charge in [-0.05, 0) is 48.6 Å². The Morgan fingerprint density at radius 1 is 1.59 bits per heavy atom. The molecule has 4 nitrogen and oxygen atoms in total. The van der Waals surface area contributed by atoms with Gasteiger partial charge in [0, 0.05) is 31.7 Å². The van der Waals surface area contributed by atoms with Crippen LogP contribution in [0.25, 0.3) is 0 Å². The molecule has 0 aliphatic carbocycles. The van der Waals surface area contributed by atoms with Crippen LogP contribution in [0.2, 0.25) is 0 Å². The first kappa shape index (κ1) is 16.0. The number of piperidine rings is 1. The molecule has 2 aliphatic rings. The molecule has 0 spiro atoms. The van der Waals surface area contributed by atoms with E-state index >= 15 is 0 Å². The maximum Gasteiger partial charge on any atom is 0.227 e. The molecule has 3 heterocycles. The van der Waals surface area contributed by atoms with Gasteiger partial charge in [-0.25, -0.2) is 0 Å². The van der Waals surface area contributed by atoms with E-state index in [1.54, 1.807) is 11.3 Å². The molecule has 5 heteroatoms. The highest BCUT2D eigenvalue weighted by Crippen LogP contribution is 2.40. The molecule has 0 radical (unpaired) electrons. The van der Waals surface area contributed by atoms with Crippen LogP contribution in [-0.4, -0.2) is 49.8 Å². The third kappa shape index (κ3) is 3.36. The van der Waals surface area contributed by atoms with Gasteiger partial charge in [-0.2, -0.15) is 11.3 Å². The Morgan fingerprint density at radius 3 is 3.27 bits per heavy atom. The van der Waals surface area contributed by atoms with E-state index in [-0.39, 0.29) is 17.4 Å². The van der Waals surface area contributed by atoms with Crippen LogP contribution in [0.5, 0.6) is 0 Å². The number of fused-ring (bicyclic) bond motifs is 1. The average molecular weight is 323 g/mol. The second kappa shape index (κ2) is 7.11. The Morgan fingerprint density at radius 2 is 2.50 bits per heavy atom. The number of nitrogens with zero attached hydrogens (tertiary/aromatic N) is 1. The maximum absolute atomic E-state index is 12.6. The summed E-state index contributed by atoms with van der Waals surface area (Å²) in [5.41, 5.74) is 1.12. The molecule has 2 aliphatic heterocycles. The van der Waals surface area contributed by atoms with E-state index in [4.69, 9.17) is 9.47 Å². The number of hydrogen-bond donors (Lipinski definition) is 0. The molecule has 2 fully saturated rings. The first-order valence-electron chi connectivity index (χ1n) is 8.22. The van der Waals surface area contributed by atoms with Crippen LogP contribution in [0.4, 0.5) is 0 Å². The predicted octanol–water partition coefficient (Wildman–Crippen LogP) is 2.72. The molecule has 0 aromatic carbocycles. The first-order valence-corrected chi connectivity index (χ1v) is 9.16. The minimum absolute atomic E-state index is 0.00316. The molecule has 122 valence electrons. The fraction of sp³-hybridized carbons (Fsp3) is 0.706. The third-order valence-electron chi connectivity index (χ3n) is 4.87. The molecular weight excluding hydrogens is 298 g/mol. The monoisotopic (exact) mass is 323 g/mol. The highest BCUT2D eigenvalue weighted by molar-refractivity contribution is 7.07. The summed E-state index contributed by atoms with van der Waals surface area (Å²) in [5.74, 6) is 0.235. The molecule has 2 atom stereocenters. The van der Waals surface area contributed by atoms with Crippen LogP contribution in [0.15, 0.2) is 16.8 Å². The van der Waals surface area contributed by atoms with E-state index in [1.807, 2.05) is 23.3 Å². The van der Waals surface area contributed by atoms with Crippen LogP contribution in [0.1, 0.15) is 31.7 Å². The summed E-state index contributed by atoms with van der Waals surface area (Å²) in [7, 11) is 0. The number of hydrogen-bond acceptors (Lipinski definition) is 4. The predicted molar refractivity (Wildman–Crippen MR) is 87.1 cm³/mol. The largest absolute Gasteiger partial charge is 0.381 e. The lowest BCUT2D eigenvalue weighted by atomic mass is 9.73. The summed E-state index contributed by atoms with van der Waals surface area (Å²) in [5, 5.41) is 4.09. The summed E-state index contributed by atoms with van der Waals surface area (Å²) < 4.78 is 11.8. The van der Waals surface area contributed by atoms with Crippen molar-refractivity contribution in [3.63, 3.8) is 0 Å². The number of rotatable bonds is 5. The third-order valence-corrected chi connectivity index (χ3v) is 5.60. The van der Waals surface area contributed by atoms with Crippen LogP contribution >= 0.6 is 11.3 Å². The molecule has 1 aromatic rings. The zero-order valence-corrected chi connectivity index (χ0v) is 14.1.